The van der Waals surface area contributed by atoms with Crippen molar-refractivity contribution in [2.24, 2.45) is 5.92 Å². The smallest absolute Gasteiger partial charge is 0.394 e. The summed E-state index contributed by atoms with van der Waals surface area (Å²) in [6.45, 7) is -3.15. The number of carbonyl (C=O) groups excluding carboxylic acids is 2. The van der Waals surface area contributed by atoms with E-state index in [1.165, 1.54) is 0 Å². The number of imidazole rings is 1. The van der Waals surface area contributed by atoms with Gasteiger partial charge in [0.15, 0.2) is 59.0 Å². The minimum Gasteiger partial charge on any atom is -0.394 e. The van der Waals surface area contributed by atoms with Crippen LogP contribution in [0.5, 0.6) is 0 Å². The van der Waals surface area contributed by atoms with Crippen LogP contribution in [0, 0.1) is 17.2 Å². The highest BCUT2D eigenvalue weighted by molar-refractivity contribution is 8.07. The van der Waals surface area contributed by atoms with Gasteiger partial charge in [0.05, 0.1) is 38.6 Å². The molecule has 5 N–H and O–H groups in total. The number of benzene rings is 1. The Hall–Kier alpha value is -5.23. The molecule has 29 heteroatoms. The van der Waals surface area contributed by atoms with E-state index in [0.29, 0.717) is 5.56 Å². The van der Waals surface area contributed by atoms with Crippen LogP contribution in [0.3, 0.4) is 0 Å². The van der Waals surface area contributed by atoms with Gasteiger partial charge in [-0.1, -0.05) is 37.3 Å². The van der Waals surface area contributed by atoms with Crippen molar-refractivity contribution in [2.45, 2.75) is 69.5 Å². The Balaban J connectivity index is 1.15. The predicted molar refractivity (Wildman–Crippen MR) is 210 cm³/mol. The number of nitrogens with one attached hydrogen (secondary N) is 3. The van der Waals surface area contributed by atoms with Gasteiger partial charge in [0.1, 0.15) is 24.6 Å². The fraction of sp³-hybridized carbons (Fsp3) is 0.455. The molecule has 2 aliphatic heterocycles. The van der Waals surface area contributed by atoms with Crippen LogP contribution in [0.4, 0.5) is 20.5 Å². The lowest BCUT2D eigenvalue weighted by molar-refractivity contribution is -0.118. The first kappa shape index (κ1) is 44.8. The average Bonchev–Trinajstić information content (AvgIpc) is 4.02. The number of alkyl halides is 2. The molecule has 0 bridgehead atoms. The molecule has 1 aromatic carbocycles. The number of nitriles is 1. The Morgan fingerprint density at radius 2 is 1.82 bits per heavy atom. The number of hydrogen-bond donors (Lipinski definition) is 5. The SMILES string of the molecule is CC(C)C(=O)Nc1nc2c(ncn2[C@@H]2O[C@H](CO)[C@@H](F)[C@H]2OP(=S)(OCCC#N)OC[C@H]2O[C@@H](n3nnc4c(NC(=O)c5ccccc5)ncnc43)[C@@H](F)[C@@H]2O[P+](=O)O)c(=O)[nH]1. The standard InChI is InChI=1S/C33H34F2N12O12P2S/c1-15(2)28(49)42-33-41-27-22(30(51)43-33)39-14-46(27)32-24(19(34)17(11-48)56-32)59-61(62,54-10-6-9-36)55-12-18-23(58-60(52)53)20(35)31(57-18)47-26-21(44-45-47)25(37-13-38-26)40-29(50)16-7-4-3-5-8-16/h3-5,7-8,13-15,17-20,23-24,31-32,48H,6,10-12H2,1-2H3,(H3-,37,38,40,41,42,43,45,49,50,51,52,53)/p+1/t17-,18-,19-,20+,23-,24-,31-,32-,61?/m1/s1. The van der Waals surface area contributed by atoms with E-state index in [0.717, 1.165) is 21.9 Å². The zero-order chi connectivity index (χ0) is 44.3. The Labute approximate surface area is 353 Å². The maximum atomic E-state index is 16.3. The van der Waals surface area contributed by atoms with Crippen molar-refractivity contribution in [1.29, 1.82) is 5.26 Å². The normalized spacial score (nSPS) is 24.9. The predicted octanol–water partition coefficient (Wildman–Crippen LogP) is 2.26. The van der Waals surface area contributed by atoms with Crippen molar-refractivity contribution in [3.8, 4) is 6.07 Å². The number of aromatic amines is 1. The van der Waals surface area contributed by atoms with Crippen molar-refractivity contribution >= 4 is 72.7 Å². The van der Waals surface area contributed by atoms with Crippen LogP contribution in [0.15, 0.2) is 47.8 Å². The lowest BCUT2D eigenvalue weighted by Gasteiger charge is -2.29. The van der Waals surface area contributed by atoms with Gasteiger partial charge in [-0.05, 0) is 23.9 Å². The molecule has 0 radical (unpaired) electrons. The van der Waals surface area contributed by atoms with Crippen LogP contribution < -0.4 is 16.2 Å². The summed E-state index contributed by atoms with van der Waals surface area (Å²) in [7, 11) is -3.45. The summed E-state index contributed by atoms with van der Waals surface area (Å²) in [5.41, 5.74) is -1.07. The molecular weight excluding hydrogens is 888 g/mol. The van der Waals surface area contributed by atoms with E-state index in [1.54, 1.807) is 44.2 Å². The lowest BCUT2D eigenvalue weighted by atomic mass is 10.1. The number of nitrogens with zero attached hydrogens (tertiary/aromatic N) is 9. The molecule has 7 rings (SSSR count). The fourth-order valence-corrected chi connectivity index (χ4v) is 8.80. The van der Waals surface area contributed by atoms with E-state index in [1.807, 2.05) is 6.07 Å². The highest BCUT2D eigenvalue weighted by Crippen LogP contribution is 2.55. The van der Waals surface area contributed by atoms with E-state index in [2.05, 4.69) is 45.9 Å². The Kier molecular flexibility index (Phi) is 13.8. The first-order valence-electron chi connectivity index (χ1n) is 18.4. The third-order valence-corrected chi connectivity index (χ3v) is 12.1. The van der Waals surface area contributed by atoms with E-state index in [-0.39, 0.29) is 40.5 Å². The van der Waals surface area contributed by atoms with Gasteiger partial charge in [-0.25, -0.2) is 23.7 Å². The quantitative estimate of drug-likeness (QED) is 0.0660. The van der Waals surface area contributed by atoms with E-state index in [9.17, 15) is 34.2 Å². The number of halogens is 2. The summed E-state index contributed by atoms with van der Waals surface area (Å²) in [6, 6.07) is 10.0. The Bertz CT molecular complexity index is 2620. The molecule has 328 valence electrons. The van der Waals surface area contributed by atoms with Crippen molar-refractivity contribution in [2.75, 3.05) is 30.5 Å². The zero-order valence-electron chi connectivity index (χ0n) is 32.1. The number of aliphatic hydroxyl groups excluding tert-OH is 1. The number of fused-ring (bicyclic) bond motifs is 2. The van der Waals surface area contributed by atoms with Gasteiger partial charge in [0.25, 0.3) is 11.5 Å². The fourth-order valence-electron chi connectivity index (χ4n) is 6.28. The highest BCUT2D eigenvalue weighted by atomic mass is 32.5. The van der Waals surface area contributed by atoms with Crippen molar-refractivity contribution in [1.82, 2.24) is 44.5 Å². The zero-order valence-corrected chi connectivity index (χ0v) is 34.7. The average molecular weight is 924 g/mol. The number of aliphatic hydroxyl groups is 1. The molecule has 2 saturated heterocycles. The van der Waals surface area contributed by atoms with E-state index < -0.39 is 107 Å². The third-order valence-electron chi connectivity index (χ3n) is 9.28. The summed E-state index contributed by atoms with van der Waals surface area (Å²) in [6.07, 6.45) is -12.6. The highest BCUT2D eigenvalue weighted by Gasteiger charge is 2.54. The number of anilines is 2. The topological polar surface area (TPSA) is 315 Å². The van der Waals surface area contributed by atoms with Crippen LogP contribution in [-0.2, 0) is 48.7 Å². The van der Waals surface area contributed by atoms with Crippen LogP contribution in [0.2, 0.25) is 0 Å². The number of H-pyrrole nitrogens is 1. The van der Waals surface area contributed by atoms with Crippen LogP contribution in [-0.4, -0.2) is 123 Å². The van der Waals surface area contributed by atoms with E-state index in [4.69, 9.17) is 39.4 Å². The summed E-state index contributed by atoms with van der Waals surface area (Å²) in [4.78, 5) is 66.7. The maximum Gasteiger partial charge on any atom is 0.695 e. The minimum atomic E-state index is -4.31. The summed E-state index contributed by atoms with van der Waals surface area (Å²) >= 11 is 5.65. The van der Waals surface area contributed by atoms with Gasteiger partial charge in [-0.3, -0.25) is 33.8 Å². The maximum absolute atomic E-state index is 16.3. The molecular formula is C33H35F2N12O12P2S+. The second-order valence-electron chi connectivity index (χ2n) is 13.7. The van der Waals surface area contributed by atoms with Crippen LogP contribution in [0.25, 0.3) is 22.3 Å². The second kappa shape index (κ2) is 19.0. The van der Waals surface area contributed by atoms with Gasteiger partial charge >= 0.3 is 15.0 Å². The molecule has 10 atom stereocenters. The number of amides is 2. The summed E-state index contributed by atoms with van der Waals surface area (Å²) < 4.78 is 80.7. The number of carbonyl (C=O) groups is 2. The molecule has 0 saturated carbocycles. The summed E-state index contributed by atoms with van der Waals surface area (Å²) in [5.74, 6) is -1.84. The first-order chi connectivity index (χ1) is 29.7. The molecule has 0 aliphatic carbocycles. The monoisotopic (exact) mass is 923 g/mol. The van der Waals surface area contributed by atoms with Crippen molar-refractivity contribution in [3.63, 3.8) is 0 Å². The molecule has 2 unspecified atom stereocenters. The molecule has 0 spiro atoms. The van der Waals surface area contributed by atoms with Crippen molar-refractivity contribution in [3.05, 3.63) is 58.9 Å². The van der Waals surface area contributed by atoms with Crippen molar-refractivity contribution < 1.29 is 60.5 Å². The van der Waals surface area contributed by atoms with Gasteiger partial charge in [0, 0.05) is 16.0 Å². The lowest BCUT2D eigenvalue weighted by Crippen LogP contribution is -2.34. The van der Waals surface area contributed by atoms with Gasteiger partial charge in [-0.2, -0.15) is 14.9 Å². The third kappa shape index (κ3) is 9.40. The number of ether oxygens (including phenoxy) is 2. The summed E-state index contributed by atoms with van der Waals surface area (Å²) in [5, 5.41) is 32.2. The number of rotatable bonds is 17. The second-order valence-corrected chi connectivity index (χ2v) is 17.3. The molecule has 2 amide bonds. The largest absolute Gasteiger partial charge is 0.695 e. The van der Waals surface area contributed by atoms with Crippen LogP contribution >= 0.6 is 15.0 Å². The molecule has 6 heterocycles. The Morgan fingerprint density at radius 3 is 2.53 bits per heavy atom. The van der Waals surface area contributed by atoms with E-state index >= 15 is 8.78 Å². The first-order valence-corrected chi connectivity index (χ1v) is 22.1. The molecule has 5 aromatic rings. The number of hydrogen-bond acceptors (Lipinski definition) is 19. The van der Waals surface area contributed by atoms with Gasteiger partial charge in [-0.15, -0.1) is 14.5 Å². The van der Waals surface area contributed by atoms with Gasteiger partial charge < -0.3 is 28.9 Å². The molecule has 62 heavy (non-hydrogen) atoms. The Morgan fingerprint density at radius 1 is 1.06 bits per heavy atom. The molecule has 24 nitrogen and oxygen atoms in total. The molecule has 2 fully saturated rings. The van der Waals surface area contributed by atoms with Crippen LogP contribution in [0.1, 0.15) is 43.1 Å². The molecule has 2 aliphatic rings. The number of aromatic nitrogens is 9. The van der Waals surface area contributed by atoms with Gasteiger partial charge in [0.2, 0.25) is 11.9 Å². The minimum absolute atomic E-state index is 0.0647. The molecule has 4 aromatic heterocycles.